The summed E-state index contributed by atoms with van der Waals surface area (Å²) >= 11 is 0. The molecule has 1 N–H and O–H groups in total. The van der Waals surface area contributed by atoms with Crippen molar-refractivity contribution in [1.29, 1.82) is 0 Å². The van der Waals surface area contributed by atoms with Crippen molar-refractivity contribution in [2.24, 2.45) is 0 Å². The van der Waals surface area contributed by atoms with Gasteiger partial charge >= 0.3 is 6.09 Å². The number of nitrogens with one attached hydrogen (secondary N) is 1. The molecule has 2 aliphatic rings. The van der Waals surface area contributed by atoms with Crippen molar-refractivity contribution in [1.82, 2.24) is 9.88 Å². The molecule has 1 saturated heterocycles. The van der Waals surface area contributed by atoms with Crippen molar-refractivity contribution >= 4 is 11.9 Å². The molecule has 0 spiro atoms. The molecular weight excluding hydrogens is 278 g/mol. The number of aromatic nitrogens is 1. The number of carbonyl (C=O) groups is 1. The molecule has 0 aliphatic carbocycles. The van der Waals surface area contributed by atoms with Crippen molar-refractivity contribution in [2.45, 2.75) is 51.6 Å². The normalized spacial score (nSPS) is 21.2. The first-order valence-electron chi connectivity index (χ1n) is 8.14. The lowest BCUT2D eigenvalue weighted by atomic mass is 10.0. The highest BCUT2D eigenvalue weighted by Gasteiger charge is 2.31. The molecule has 22 heavy (non-hydrogen) atoms. The molecule has 0 radical (unpaired) electrons. The van der Waals surface area contributed by atoms with Gasteiger partial charge in [-0.1, -0.05) is 6.07 Å². The zero-order valence-corrected chi connectivity index (χ0v) is 13.7. The summed E-state index contributed by atoms with van der Waals surface area (Å²) in [4.78, 5) is 18.7. The molecule has 3 rings (SSSR count). The number of amides is 1. The minimum absolute atomic E-state index is 0.217. The molecule has 5 heteroatoms. The number of fused-ring (bicyclic) bond motifs is 1. The van der Waals surface area contributed by atoms with Crippen LogP contribution in [0.25, 0.3) is 0 Å². The SMILES string of the molecule is CC(C)(C)OC(=O)N1CCC(c2ccc3c(n2)NCCC3)C1. The second-order valence-corrected chi connectivity index (χ2v) is 7.19. The quantitative estimate of drug-likeness (QED) is 0.866. The van der Waals surface area contributed by atoms with E-state index in [9.17, 15) is 4.79 Å². The molecule has 1 fully saturated rings. The molecule has 0 saturated carbocycles. The molecule has 1 aromatic rings. The van der Waals surface area contributed by atoms with Gasteiger partial charge in [0.05, 0.1) is 0 Å². The third kappa shape index (κ3) is 3.34. The first kappa shape index (κ1) is 15.1. The van der Waals surface area contributed by atoms with E-state index in [1.807, 2.05) is 20.8 Å². The van der Waals surface area contributed by atoms with Gasteiger partial charge < -0.3 is 15.0 Å². The summed E-state index contributed by atoms with van der Waals surface area (Å²) in [5.74, 6) is 1.33. The summed E-state index contributed by atoms with van der Waals surface area (Å²) in [5.41, 5.74) is 1.94. The van der Waals surface area contributed by atoms with Crippen LogP contribution in [0.5, 0.6) is 0 Å². The highest BCUT2D eigenvalue weighted by molar-refractivity contribution is 5.68. The van der Waals surface area contributed by atoms with Crippen LogP contribution in [0.1, 0.15) is 50.8 Å². The number of ether oxygens (including phenoxy) is 1. The lowest BCUT2D eigenvalue weighted by Crippen LogP contribution is -2.35. The fourth-order valence-corrected chi connectivity index (χ4v) is 3.06. The van der Waals surface area contributed by atoms with Crippen LogP contribution in [0, 0.1) is 0 Å². The molecule has 1 atom stereocenters. The maximum atomic E-state index is 12.1. The average molecular weight is 303 g/mol. The first-order valence-corrected chi connectivity index (χ1v) is 8.14. The highest BCUT2D eigenvalue weighted by Crippen LogP contribution is 2.30. The van der Waals surface area contributed by atoms with E-state index in [0.717, 1.165) is 37.4 Å². The minimum atomic E-state index is -0.441. The van der Waals surface area contributed by atoms with Crippen LogP contribution in [0.15, 0.2) is 12.1 Å². The molecule has 3 heterocycles. The molecule has 2 aliphatic heterocycles. The Balaban J connectivity index is 1.66. The molecule has 0 aromatic carbocycles. The average Bonchev–Trinajstić information content (AvgIpc) is 2.95. The predicted molar refractivity (Wildman–Crippen MR) is 86.2 cm³/mol. The molecule has 0 bridgehead atoms. The number of hydrogen-bond donors (Lipinski definition) is 1. The van der Waals surface area contributed by atoms with Gasteiger partial charge in [0.2, 0.25) is 0 Å². The van der Waals surface area contributed by atoms with E-state index in [0.29, 0.717) is 12.5 Å². The van der Waals surface area contributed by atoms with Crippen LogP contribution < -0.4 is 5.32 Å². The second-order valence-electron chi connectivity index (χ2n) is 7.19. The largest absolute Gasteiger partial charge is 0.444 e. The first-order chi connectivity index (χ1) is 10.4. The molecule has 1 unspecified atom stereocenters. The van der Waals surface area contributed by atoms with Crippen molar-refractivity contribution in [3.05, 3.63) is 23.4 Å². The smallest absolute Gasteiger partial charge is 0.410 e. The van der Waals surface area contributed by atoms with Gasteiger partial charge in [-0.05, 0) is 51.7 Å². The molecule has 120 valence electrons. The topological polar surface area (TPSA) is 54.5 Å². The fraction of sp³-hybridized carbons (Fsp3) is 0.647. The number of pyridine rings is 1. The molecule has 1 amide bonds. The van der Waals surface area contributed by atoms with Crippen molar-refractivity contribution in [2.75, 3.05) is 25.0 Å². The van der Waals surface area contributed by atoms with Gasteiger partial charge in [-0.15, -0.1) is 0 Å². The van der Waals surface area contributed by atoms with Crippen molar-refractivity contribution in [3.63, 3.8) is 0 Å². The Kier molecular flexibility index (Phi) is 3.98. The predicted octanol–water partition coefficient (Wildman–Crippen LogP) is 3.16. The van der Waals surface area contributed by atoms with Gasteiger partial charge in [0.15, 0.2) is 0 Å². The number of nitrogens with zero attached hydrogens (tertiary/aromatic N) is 2. The van der Waals surface area contributed by atoms with Crippen LogP contribution >= 0.6 is 0 Å². The molecule has 1 aromatic heterocycles. The number of likely N-dealkylation sites (tertiary alicyclic amines) is 1. The van der Waals surface area contributed by atoms with E-state index >= 15 is 0 Å². The lowest BCUT2D eigenvalue weighted by molar-refractivity contribution is 0.0292. The van der Waals surface area contributed by atoms with Crippen molar-refractivity contribution in [3.8, 4) is 0 Å². The number of aryl methyl sites for hydroxylation is 1. The fourth-order valence-electron chi connectivity index (χ4n) is 3.06. The second kappa shape index (κ2) is 5.78. The zero-order chi connectivity index (χ0) is 15.7. The molecular formula is C17H25N3O2. The third-order valence-electron chi connectivity index (χ3n) is 4.17. The van der Waals surface area contributed by atoms with Crippen LogP contribution in [0.3, 0.4) is 0 Å². The van der Waals surface area contributed by atoms with E-state index < -0.39 is 5.60 Å². The van der Waals surface area contributed by atoms with Crippen molar-refractivity contribution < 1.29 is 9.53 Å². The summed E-state index contributed by atoms with van der Waals surface area (Å²) in [6.07, 6.45) is 3.00. The number of anilines is 1. The number of carbonyl (C=O) groups excluding carboxylic acids is 1. The van der Waals surface area contributed by atoms with Gasteiger partial charge in [0.1, 0.15) is 11.4 Å². The van der Waals surface area contributed by atoms with Gasteiger partial charge in [-0.25, -0.2) is 9.78 Å². The standard InChI is InChI=1S/C17H25N3O2/c1-17(2,3)22-16(21)20-10-8-13(11-20)14-7-6-12-5-4-9-18-15(12)19-14/h6-7,13H,4-5,8-11H2,1-3H3,(H,18,19). The van der Waals surface area contributed by atoms with E-state index in [1.54, 1.807) is 4.90 Å². The highest BCUT2D eigenvalue weighted by atomic mass is 16.6. The van der Waals surface area contributed by atoms with Gasteiger partial charge in [-0.3, -0.25) is 0 Å². The van der Waals surface area contributed by atoms with E-state index in [2.05, 4.69) is 17.4 Å². The Morgan fingerprint density at radius 3 is 3.00 bits per heavy atom. The summed E-state index contributed by atoms with van der Waals surface area (Å²) in [5, 5.41) is 3.38. The van der Waals surface area contributed by atoms with Gasteiger partial charge in [-0.2, -0.15) is 0 Å². The molecule has 5 nitrogen and oxygen atoms in total. The van der Waals surface area contributed by atoms with E-state index in [1.165, 1.54) is 12.0 Å². The zero-order valence-electron chi connectivity index (χ0n) is 13.7. The summed E-state index contributed by atoms with van der Waals surface area (Å²) < 4.78 is 5.45. The number of rotatable bonds is 1. The summed E-state index contributed by atoms with van der Waals surface area (Å²) in [6.45, 7) is 8.13. The van der Waals surface area contributed by atoms with Crippen LogP contribution in [-0.2, 0) is 11.2 Å². The maximum absolute atomic E-state index is 12.1. The van der Waals surface area contributed by atoms with E-state index in [4.69, 9.17) is 9.72 Å². The van der Waals surface area contributed by atoms with Gasteiger partial charge in [0, 0.05) is 31.2 Å². The Hall–Kier alpha value is -1.78. The van der Waals surface area contributed by atoms with Gasteiger partial charge in [0.25, 0.3) is 0 Å². The Labute approximate surface area is 132 Å². The number of hydrogen-bond acceptors (Lipinski definition) is 4. The van der Waals surface area contributed by atoms with E-state index in [-0.39, 0.29) is 6.09 Å². The summed E-state index contributed by atoms with van der Waals surface area (Å²) in [6, 6.07) is 4.30. The Bertz CT molecular complexity index is 566. The summed E-state index contributed by atoms with van der Waals surface area (Å²) in [7, 11) is 0. The maximum Gasteiger partial charge on any atom is 0.410 e. The van der Waals surface area contributed by atoms with Crippen LogP contribution in [0.2, 0.25) is 0 Å². The van der Waals surface area contributed by atoms with Crippen LogP contribution in [-0.4, -0.2) is 41.2 Å². The lowest BCUT2D eigenvalue weighted by Gasteiger charge is -2.24. The van der Waals surface area contributed by atoms with Crippen LogP contribution in [0.4, 0.5) is 10.6 Å². The third-order valence-corrected chi connectivity index (χ3v) is 4.17. The minimum Gasteiger partial charge on any atom is -0.444 e. The Morgan fingerprint density at radius 2 is 2.23 bits per heavy atom. The Morgan fingerprint density at radius 1 is 1.41 bits per heavy atom. The monoisotopic (exact) mass is 303 g/mol.